The second kappa shape index (κ2) is 21.2. The van der Waals surface area contributed by atoms with Gasteiger partial charge in [0, 0.05) is 82.5 Å². The van der Waals surface area contributed by atoms with Crippen molar-refractivity contribution < 1.29 is 68.5 Å². The Morgan fingerprint density at radius 3 is 1.27 bits per heavy atom. The maximum atomic E-state index is 13.6. The zero-order chi connectivity index (χ0) is 43.9. The molecule has 8 rings (SSSR count). The summed E-state index contributed by atoms with van der Waals surface area (Å²) in [7, 11) is 0. The molecule has 0 spiro atoms. The van der Waals surface area contributed by atoms with Crippen molar-refractivity contribution in [3.8, 4) is 22.3 Å². The van der Waals surface area contributed by atoms with E-state index < -0.39 is 49.2 Å². The van der Waals surface area contributed by atoms with E-state index in [1.807, 2.05) is 48.5 Å². The number of hydrogen-bond donors (Lipinski definition) is 4. The average Bonchev–Trinajstić information content (AvgIpc) is 4.17. The summed E-state index contributed by atoms with van der Waals surface area (Å²) in [5.74, 6) is -2.72. The molecule has 2 fully saturated rings. The van der Waals surface area contributed by atoms with E-state index in [0.717, 1.165) is 92.3 Å². The van der Waals surface area contributed by atoms with E-state index in [4.69, 9.17) is 9.97 Å². The number of aliphatic carboxylic acids is 2. The summed E-state index contributed by atoms with van der Waals surface area (Å²) in [6.45, 7) is 0. The predicted molar refractivity (Wildman–Crippen MR) is 229 cm³/mol. The van der Waals surface area contributed by atoms with E-state index in [0.29, 0.717) is 11.8 Å². The molecule has 0 amide bonds. The van der Waals surface area contributed by atoms with Gasteiger partial charge in [-0.15, -0.1) is 0 Å². The third kappa shape index (κ3) is 12.3. The Hall–Kier alpha value is -5.56. The number of para-hydroxylation sites is 2. The third-order valence-electron chi connectivity index (χ3n) is 10.9. The second-order valence-electron chi connectivity index (χ2n) is 16.0. The number of carboxylic acids is 2. The summed E-state index contributed by atoms with van der Waals surface area (Å²) in [6, 6.07) is 28.1. The van der Waals surface area contributed by atoms with Crippen LogP contribution in [0.15, 0.2) is 109 Å². The Labute approximate surface area is 376 Å². The van der Waals surface area contributed by atoms with Crippen LogP contribution in [0.25, 0.3) is 56.2 Å². The van der Waals surface area contributed by atoms with Gasteiger partial charge in [0.05, 0.1) is 46.8 Å². The largest absolute Gasteiger partial charge is 2.00 e. The van der Waals surface area contributed by atoms with Gasteiger partial charge in [-0.1, -0.05) is 85.0 Å². The Morgan fingerprint density at radius 2 is 0.937 bits per heavy atom. The fourth-order valence-electron chi connectivity index (χ4n) is 7.70. The van der Waals surface area contributed by atoms with Gasteiger partial charge in [-0.2, -0.15) is 0 Å². The van der Waals surface area contributed by atoms with Crippen molar-refractivity contribution in [2.75, 3.05) is 0 Å². The van der Waals surface area contributed by atoms with Crippen LogP contribution < -0.4 is 10.2 Å². The molecular weight excluding hydrogens is 860 g/mol. The van der Waals surface area contributed by atoms with Crippen LogP contribution in [0.5, 0.6) is 0 Å². The average molecular weight is 906 g/mol. The fourth-order valence-corrected chi connectivity index (χ4v) is 7.70. The molecule has 63 heavy (non-hydrogen) atoms. The van der Waals surface area contributed by atoms with Crippen LogP contribution in [0, 0.1) is 11.6 Å². The molecule has 4 aromatic carbocycles. The number of fused-ring (bicyclic) bond motifs is 2. The van der Waals surface area contributed by atoms with Gasteiger partial charge in [-0.05, 0) is 73.2 Å². The van der Waals surface area contributed by atoms with E-state index in [1.165, 1.54) is 24.3 Å². The molecule has 0 bridgehead atoms. The molecule has 2 aromatic heterocycles. The minimum Gasteiger partial charge on any atom is -0.550 e. The first-order valence-corrected chi connectivity index (χ1v) is 20.7. The zero-order valence-electron chi connectivity index (χ0n) is 34.4. The molecular formula is C50H46F2N2O8Zn. The van der Waals surface area contributed by atoms with Crippen LogP contribution in [0.1, 0.15) is 85.7 Å². The smallest absolute Gasteiger partial charge is 0.550 e. The molecule has 10 nitrogen and oxygen atoms in total. The zero-order valence-corrected chi connectivity index (χ0v) is 37.4. The van der Waals surface area contributed by atoms with Crippen molar-refractivity contribution in [1.29, 1.82) is 0 Å². The van der Waals surface area contributed by atoms with Crippen LogP contribution in [0.3, 0.4) is 0 Å². The van der Waals surface area contributed by atoms with Gasteiger partial charge >= 0.3 is 19.5 Å². The fraction of sp³-hybridized carbons (Fsp3) is 0.280. The number of aliphatic hydroxyl groups excluding tert-OH is 4. The van der Waals surface area contributed by atoms with E-state index in [2.05, 4.69) is 0 Å². The second-order valence-corrected chi connectivity index (χ2v) is 16.0. The number of halogens is 2. The first-order valence-electron chi connectivity index (χ1n) is 20.7. The molecule has 2 aliphatic rings. The number of carbonyl (C=O) groups is 2. The number of benzene rings is 4. The third-order valence-corrected chi connectivity index (χ3v) is 10.9. The van der Waals surface area contributed by atoms with Gasteiger partial charge in [0.2, 0.25) is 0 Å². The summed E-state index contributed by atoms with van der Waals surface area (Å²) in [5, 5.41) is 63.3. The Kier molecular flexibility index (Phi) is 15.8. The SMILES string of the molecule is O=C([O-])C[C@H](O)C[C@H](O)/C=C/c1c(C2CC2)nc2ccccc2c1-c1ccc(F)cc1.O=C([O-])C[C@H](O)C[C@H](O)/C=C/c1c(C2CC2)nc2ccccc2c1-c1ccc(F)cc1.[Zn+2]. The summed E-state index contributed by atoms with van der Waals surface area (Å²) < 4.78 is 27.1. The Balaban J connectivity index is 0.000000206. The van der Waals surface area contributed by atoms with E-state index in [9.17, 15) is 49.0 Å². The molecule has 4 N–H and O–H groups in total. The number of carbonyl (C=O) groups excluding carboxylic acids is 2. The van der Waals surface area contributed by atoms with Crippen molar-refractivity contribution in [2.24, 2.45) is 0 Å². The Morgan fingerprint density at radius 1 is 0.587 bits per heavy atom. The number of aromatic nitrogens is 2. The summed E-state index contributed by atoms with van der Waals surface area (Å²) in [4.78, 5) is 31.0. The van der Waals surface area contributed by atoms with E-state index in [1.54, 1.807) is 48.6 Å². The molecule has 6 aromatic rings. The standard InChI is InChI=1S/2C25H24FNO4.Zn/c2*26-17-9-7-15(8-10-17)24-20-3-1-2-4-22(20)27-25(16-5-6-16)21(24)12-11-18(28)13-19(29)14-23(30)31;/h2*1-4,7-12,16,18-19,28-29H,5-6,13-14H2,(H,30,31);/q;;+2/p-2/b2*12-11+;/t2*18-,19-;/m11./s1. The van der Waals surface area contributed by atoms with Crippen LogP contribution in [-0.4, -0.2) is 66.7 Å². The monoisotopic (exact) mass is 904 g/mol. The minimum absolute atomic E-state index is 0. The summed E-state index contributed by atoms with van der Waals surface area (Å²) in [5.41, 5.74) is 8.76. The summed E-state index contributed by atoms with van der Waals surface area (Å²) >= 11 is 0. The maximum absolute atomic E-state index is 13.6. The van der Waals surface area contributed by atoms with Crippen molar-refractivity contribution in [3.63, 3.8) is 0 Å². The molecule has 2 heterocycles. The van der Waals surface area contributed by atoms with Crippen molar-refractivity contribution >= 4 is 45.9 Å². The number of carboxylic acid groups (broad SMARTS) is 2. The number of pyridine rings is 2. The van der Waals surface area contributed by atoms with Gasteiger partial charge in [0.1, 0.15) is 11.6 Å². The van der Waals surface area contributed by atoms with Crippen molar-refractivity contribution in [1.82, 2.24) is 9.97 Å². The number of hydrogen-bond acceptors (Lipinski definition) is 10. The molecule has 2 saturated carbocycles. The first kappa shape index (κ1) is 46.9. The molecule has 0 aliphatic heterocycles. The molecule has 0 radical (unpaired) electrons. The topological polar surface area (TPSA) is 187 Å². The maximum Gasteiger partial charge on any atom is 2.00 e. The van der Waals surface area contributed by atoms with E-state index in [-0.39, 0.29) is 44.0 Å². The van der Waals surface area contributed by atoms with Crippen LogP contribution in [0.4, 0.5) is 8.78 Å². The van der Waals surface area contributed by atoms with Crippen LogP contribution in [-0.2, 0) is 29.1 Å². The van der Waals surface area contributed by atoms with Gasteiger partial charge < -0.3 is 40.2 Å². The summed E-state index contributed by atoms with van der Waals surface area (Å²) in [6.07, 6.45) is 5.02. The van der Waals surface area contributed by atoms with Gasteiger partial charge in [0.25, 0.3) is 0 Å². The molecule has 0 saturated heterocycles. The number of nitrogens with zero attached hydrogens (tertiary/aromatic N) is 2. The van der Waals surface area contributed by atoms with Crippen molar-refractivity contribution in [3.05, 3.63) is 143 Å². The molecule has 2 aliphatic carbocycles. The quantitative estimate of drug-likeness (QED) is 0.0797. The molecule has 320 valence electrons. The Bertz CT molecular complexity index is 2430. The van der Waals surface area contributed by atoms with Crippen molar-refractivity contribution in [2.45, 2.75) is 87.6 Å². The number of aliphatic hydroxyl groups is 4. The van der Waals surface area contributed by atoms with Gasteiger partial charge in [0.15, 0.2) is 0 Å². The molecule has 13 heteroatoms. The van der Waals surface area contributed by atoms with Gasteiger partial charge in [-0.25, -0.2) is 8.78 Å². The first-order chi connectivity index (χ1) is 29.8. The molecule has 0 unspecified atom stereocenters. The predicted octanol–water partition coefficient (Wildman–Crippen LogP) is 6.36. The van der Waals surface area contributed by atoms with Crippen LogP contribution in [0.2, 0.25) is 0 Å². The normalized spacial score (nSPS) is 15.7. The number of rotatable bonds is 16. The molecule has 4 atom stereocenters. The van der Waals surface area contributed by atoms with Gasteiger partial charge in [-0.3, -0.25) is 9.97 Å². The van der Waals surface area contributed by atoms with Crippen LogP contribution >= 0.6 is 0 Å². The van der Waals surface area contributed by atoms with E-state index >= 15 is 0 Å². The minimum atomic E-state index is -1.36.